The molecule has 10 aromatic heterocycles. The molecule has 0 bridgehead atoms. The van der Waals surface area contributed by atoms with Gasteiger partial charge in [0.15, 0.2) is 0 Å². The first kappa shape index (κ1) is 45.0. The molecule has 0 N–H and O–H groups in total. The second-order valence-corrected chi connectivity index (χ2v) is 20.9. The van der Waals surface area contributed by atoms with E-state index in [1.807, 2.05) is 49.6 Å². The van der Waals surface area contributed by atoms with Crippen LogP contribution in [0.5, 0.6) is 0 Å². The van der Waals surface area contributed by atoms with Crippen molar-refractivity contribution in [3.05, 3.63) is 249 Å². The molecule has 11 nitrogen and oxygen atoms in total. The van der Waals surface area contributed by atoms with Gasteiger partial charge in [-0.25, -0.2) is 4.98 Å². The molecule has 0 aliphatic heterocycles. The Balaban J connectivity index is 1.29. The Labute approximate surface area is 462 Å². The summed E-state index contributed by atoms with van der Waals surface area (Å²) in [6.45, 7) is 4.19. The summed E-state index contributed by atoms with van der Waals surface area (Å²) in [5.41, 5.74) is 18.6. The number of hydrogen-bond acceptors (Lipinski definition) is 6. The molecule has 0 unspecified atom stereocenters. The molecule has 81 heavy (non-hydrogen) atoms. The van der Waals surface area contributed by atoms with Crippen molar-refractivity contribution in [2.24, 2.45) is 0 Å². The van der Waals surface area contributed by atoms with Crippen molar-refractivity contribution in [1.82, 2.24) is 52.7 Å². The lowest BCUT2D eigenvalue weighted by Crippen LogP contribution is -2.17. The number of para-hydroxylation sites is 7. The van der Waals surface area contributed by atoms with Crippen molar-refractivity contribution in [2.45, 2.75) is 13.8 Å². The SMILES string of the molecule is Cc1cc(-c2c(-c3nc4ccccc4n3-c3ccccc3)c(-n3c4ccccc4c4ccncc43)c(-n3c4ccccc4c4ccncc43)c(-n3c4ccccc4c4ccncc43)c2-n2c3ccccc3c3ccncc32)cc(C)n1. The van der Waals surface area contributed by atoms with Crippen molar-refractivity contribution in [3.8, 4) is 51.0 Å². The van der Waals surface area contributed by atoms with E-state index in [1.54, 1.807) is 0 Å². The van der Waals surface area contributed by atoms with Crippen LogP contribution in [0, 0.1) is 13.8 Å². The number of hydrogen-bond donors (Lipinski definition) is 0. The molecular formula is C70H45N11. The summed E-state index contributed by atoms with van der Waals surface area (Å²) in [4.78, 5) is 31.0. The van der Waals surface area contributed by atoms with Crippen LogP contribution in [-0.4, -0.2) is 52.7 Å². The first-order valence-corrected chi connectivity index (χ1v) is 27.2. The van der Waals surface area contributed by atoms with Gasteiger partial charge in [-0.3, -0.25) is 29.5 Å². The standard InChI is InChI=1S/C70H45N11/c1-42-36-44(37-43(2)75-42)64-65(70-76-54-22-10-15-27-59(54)77(70)45-16-4-3-5-17-45)67(79-56-24-12-7-19-47(56)51-29-33-72-39-61(51)79)69(81-58-26-14-9-21-49(58)53-31-35-74-41-63(53)81)68(80-57-25-13-8-20-48(57)52-30-34-73-40-62(52)80)66(64)78-55-23-11-6-18-46(55)50-28-32-71-38-60(50)78/h3-41H,1-2H3. The van der Waals surface area contributed by atoms with E-state index in [0.717, 1.165) is 161 Å². The summed E-state index contributed by atoms with van der Waals surface area (Å²) in [5.74, 6) is 0.741. The molecule has 0 spiro atoms. The van der Waals surface area contributed by atoms with Crippen molar-refractivity contribution < 1.29 is 0 Å². The van der Waals surface area contributed by atoms with E-state index < -0.39 is 0 Å². The van der Waals surface area contributed by atoms with Gasteiger partial charge in [0.1, 0.15) is 5.82 Å². The number of imidazole rings is 1. The van der Waals surface area contributed by atoms with Crippen LogP contribution < -0.4 is 0 Å². The molecule has 11 heteroatoms. The largest absolute Gasteiger partial charge is 0.305 e. The smallest absolute Gasteiger partial charge is 0.148 e. The maximum Gasteiger partial charge on any atom is 0.148 e. The third kappa shape index (κ3) is 6.39. The van der Waals surface area contributed by atoms with Crippen molar-refractivity contribution in [2.75, 3.05) is 0 Å². The number of rotatable bonds is 7. The van der Waals surface area contributed by atoms with Crippen LogP contribution in [0.25, 0.3) is 149 Å². The minimum atomic E-state index is 0.741. The van der Waals surface area contributed by atoms with E-state index in [1.165, 1.54) is 0 Å². The maximum atomic E-state index is 5.97. The highest BCUT2D eigenvalue weighted by atomic mass is 15.2. The topological polar surface area (TPSA) is 102 Å². The minimum Gasteiger partial charge on any atom is -0.305 e. The van der Waals surface area contributed by atoms with Crippen molar-refractivity contribution in [3.63, 3.8) is 0 Å². The highest BCUT2D eigenvalue weighted by Crippen LogP contribution is 2.55. The zero-order valence-electron chi connectivity index (χ0n) is 43.9. The first-order chi connectivity index (χ1) is 40.1. The Kier molecular flexibility index (Phi) is 9.58. The molecule has 0 amide bonds. The van der Waals surface area contributed by atoms with E-state index in [4.69, 9.17) is 29.9 Å². The Hall–Kier alpha value is -11.0. The summed E-state index contributed by atoms with van der Waals surface area (Å²) in [6, 6.07) is 67.2. The van der Waals surface area contributed by atoms with Crippen molar-refractivity contribution in [1.29, 1.82) is 0 Å². The molecule has 7 aromatic carbocycles. The van der Waals surface area contributed by atoms with Gasteiger partial charge in [-0.15, -0.1) is 0 Å². The molecule has 380 valence electrons. The maximum absolute atomic E-state index is 5.97. The average molecular weight is 1040 g/mol. The molecule has 0 radical (unpaired) electrons. The van der Waals surface area contributed by atoms with Crippen LogP contribution in [0.3, 0.4) is 0 Å². The minimum absolute atomic E-state index is 0.741. The number of aromatic nitrogens is 11. The lowest BCUT2D eigenvalue weighted by atomic mass is 9.91. The highest BCUT2D eigenvalue weighted by Gasteiger charge is 2.37. The molecule has 0 aliphatic carbocycles. The Bertz CT molecular complexity index is 5230. The van der Waals surface area contributed by atoms with E-state index in [-0.39, 0.29) is 0 Å². The third-order valence-corrected chi connectivity index (χ3v) is 16.4. The molecule has 17 aromatic rings. The fourth-order valence-corrected chi connectivity index (χ4v) is 13.3. The van der Waals surface area contributed by atoms with Gasteiger partial charge >= 0.3 is 0 Å². The second-order valence-electron chi connectivity index (χ2n) is 20.9. The van der Waals surface area contributed by atoms with E-state index in [2.05, 4.69) is 225 Å². The predicted molar refractivity (Wildman–Crippen MR) is 328 cm³/mol. The van der Waals surface area contributed by atoms with Crippen LogP contribution in [-0.2, 0) is 0 Å². The number of fused-ring (bicyclic) bond motifs is 13. The fourth-order valence-electron chi connectivity index (χ4n) is 13.3. The molecular weight excluding hydrogens is 995 g/mol. The second kappa shape index (κ2) is 17.2. The number of pyridine rings is 5. The highest BCUT2D eigenvalue weighted by molar-refractivity contribution is 6.18. The van der Waals surface area contributed by atoms with Gasteiger partial charge in [0.05, 0.1) is 108 Å². The molecule has 0 saturated heterocycles. The van der Waals surface area contributed by atoms with Gasteiger partial charge < -0.3 is 18.3 Å². The van der Waals surface area contributed by atoms with Gasteiger partial charge in [0.2, 0.25) is 0 Å². The number of nitrogens with zero attached hydrogens (tertiary/aromatic N) is 11. The summed E-state index contributed by atoms with van der Waals surface area (Å²) < 4.78 is 12.2. The Morgan fingerprint density at radius 1 is 0.284 bits per heavy atom. The van der Waals surface area contributed by atoms with Crippen LogP contribution in [0.15, 0.2) is 238 Å². The lowest BCUT2D eigenvalue weighted by Gasteiger charge is -2.31. The van der Waals surface area contributed by atoms with Crippen LogP contribution in [0.4, 0.5) is 0 Å². The zero-order chi connectivity index (χ0) is 53.4. The first-order valence-electron chi connectivity index (χ1n) is 27.2. The monoisotopic (exact) mass is 1040 g/mol. The average Bonchev–Trinajstić information content (AvgIpc) is 2.97. The van der Waals surface area contributed by atoms with Crippen LogP contribution in [0.1, 0.15) is 11.4 Å². The fraction of sp³-hybridized carbons (Fsp3) is 0.0286. The normalized spacial score (nSPS) is 12.1. The summed E-state index contributed by atoms with van der Waals surface area (Å²) >= 11 is 0. The van der Waals surface area contributed by atoms with Gasteiger partial charge in [-0.1, -0.05) is 103 Å². The van der Waals surface area contributed by atoms with E-state index in [0.29, 0.717) is 0 Å². The van der Waals surface area contributed by atoms with Gasteiger partial charge in [-0.2, -0.15) is 0 Å². The van der Waals surface area contributed by atoms with Crippen molar-refractivity contribution >= 4 is 98.3 Å². The van der Waals surface area contributed by atoms with Gasteiger partial charge in [-0.05, 0) is 104 Å². The summed E-state index contributed by atoms with van der Waals surface area (Å²) in [7, 11) is 0. The molecule has 0 saturated carbocycles. The molecule has 0 fully saturated rings. The van der Waals surface area contributed by atoms with Gasteiger partial charge in [0, 0.05) is 90.5 Å². The quantitative estimate of drug-likeness (QED) is 0.158. The predicted octanol–water partition coefficient (Wildman–Crippen LogP) is 16.3. The summed E-state index contributed by atoms with van der Waals surface area (Å²) in [5, 5.41) is 8.63. The number of aryl methyl sites for hydroxylation is 2. The van der Waals surface area contributed by atoms with E-state index >= 15 is 0 Å². The molecule has 0 aliphatic rings. The van der Waals surface area contributed by atoms with Crippen LogP contribution in [0.2, 0.25) is 0 Å². The Morgan fingerprint density at radius 2 is 0.630 bits per heavy atom. The molecule has 0 atom stereocenters. The van der Waals surface area contributed by atoms with E-state index in [9.17, 15) is 0 Å². The lowest BCUT2D eigenvalue weighted by molar-refractivity contribution is 1.01. The number of benzene rings is 7. The third-order valence-electron chi connectivity index (χ3n) is 16.4. The van der Waals surface area contributed by atoms with Crippen LogP contribution >= 0.6 is 0 Å². The Morgan fingerprint density at radius 3 is 1.06 bits per heavy atom. The molecule has 10 heterocycles. The molecule has 17 rings (SSSR count). The van der Waals surface area contributed by atoms with Gasteiger partial charge in [0.25, 0.3) is 0 Å². The zero-order valence-corrected chi connectivity index (χ0v) is 43.9. The summed E-state index contributed by atoms with van der Waals surface area (Å²) in [6.07, 6.45) is 15.7.